The van der Waals surface area contributed by atoms with E-state index in [-0.39, 0.29) is 11.9 Å². The summed E-state index contributed by atoms with van der Waals surface area (Å²) in [5, 5.41) is 2.93. The van der Waals surface area contributed by atoms with Crippen LogP contribution >= 0.6 is 15.9 Å². The molecule has 0 amide bonds. The van der Waals surface area contributed by atoms with E-state index in [2.05, 4.69) is 31.2 Å². The van der Waals surface area contributed by atoms with Crippen LogP contribution in [0.25, 0.3) is 0 Å². The third kappa shape index (κ3) is 3.56. The Balaban J connectivity index is 2.90. The van der Waals surface area contributed by atoms with Crippen LogP contribution in [0.1, 0.15) is 13.8 Å². The lowest BCUT2D eigenvalue weighted by Gasteiger charge is -2.19. The minimum Gasteiger partial charge on any atom is -0.480 e. The van der Waals surface area contributed by atoms with Crippen LogP contribution in [0.5, 0.6) is 5.88 Å². The normalized spacial score (nSPS) is 12.1. The molecule has 6 nitrogen and oxygen atoms in total. The van der Waals surface area contributed by atoms with Gasteiger partial charge in [-0.1, -0.05) is 13.8 Å². The molecule has 18 heavy (non-hydrogen) atoms. The van der Waals surface area contributed by atoms with E-state index in [1.54, 1.807) is 6.20 Å². The number of carbonyl (C=O) groups excluding carboxylic acids is 1. The average molecular weight is 318 g/mol. The van der Waals surface area contributed by atoms with Gasteiger partial charge in [-0.3, -0.25) is 0 Å². The topological polar surface area (TPSA) is 73.3 Å². The Morgan fingerprint density at radius 1 is 1.44 bits per heavy atom. The van der Waals surface area contributed by atoms with E-state index >= 15 is 0 Å². The molecule has 0 aliphatic carbocycles. The van der Waals surface area contributed by atoms with Gasteiger partial charge in [0.25, 0.3) is 0 Å². The van der Waals surface area contributed by atoms with Gasteiger partial charge in [0.15, 0.2) is 0 Å². The Hall–Kier alpha value is -1.37. The fourth-order valence-electron chi connectivity index (χ4n) is 1.33. The highest BCUT2D eigenvalue weighted by atomic mass is 79.9. The maximum Gasteiger partial charge on any atom is 0.328 e. The number of halogens is 1. The van der Waals surface area contributed by atoms with Gasteiger partial charge in [-0.15, -0.1) is 0 Å². The molecule has 0 aromatic carbocycles. The number of nitrogens with zero attached hydrogens (tertiary/aromatic N) is 2. The van der Waals surface area contributed by atoms with Crippen LogP contribution in [0.2, 0.25) is 0 Å². The number of hydrogen-bond donors (Lipinski definition) is 1. The molecule has 1 aromatic heterocycles. The number of esters is 1. The van der Waals surface area contributed by atoms with Crippen molar-refractivity contribution in [1.82, 2.24) is 9.97 Å². The molecule has 100 valence electrons. The molecule has 0 aliphatic heterocycles. The molecule has 0 bridgehead atoms. The van der Waals surface area contributed by atoms with Gasteiger partial charge >= 0.3 is 5.97 Å². The zero-order valence-electron chi connectivity index (χ0n) is 10.7. The zero-order chi connectivity index (χ0) is 13.7. The smallest absolute Gasteiger partial charge is 0.328 e. The van der Waals surface area contributed by atoms with E-state index in [0.717, 1.165) is 0 Å². The summed E-state index contributed by atoms with van der Waals surface area (Å²) in [6.07, 6.45) is 1.56. The lowest BCUT2D eigenvalue weighted by atomic mass is 10.1. The van der Waals surface area contributed by atoms with E-state index in [4.69, 9.17) is 9.47 Å². The molecular weight excluding hydrogens is 302 g/mol. The van der Waals surface area contributed by atoms with Gasteiger partial charge in [0, 0.05) is 0 Å². The highest BCUT2D eigenvalue weighted by molar-refractivity contribution is 9.10. The van der Waals surface area contributed by atoms with Crippen molar-refractivity contribution < 1.29 is 14.3 Å². The third-order valence-electron chi connectivity index (χ3n) is 2.31. The standard InChI is InChI=1S/C11H16BrN3O3/c1-6(2)8(10(16)18-4)14-11-13-5-7(12)9(15-11)17-3/h5-6,8H,1-4H3,(H,13,14,15). The first-order chi connectivity index (χ1) is 8.49. The van der Waals surface area contributed by atoms with Crippen molar-refractivity contribution in [1.29, 1.82) is 0 Å². The molecule has 0 saturated carbocycles. The highest BCUT2D eigenvalue weighted by Gasteiger charge is 2.24. The summed E-state index contributed by atoms with van der Waals surface area (Å²) < 4.78 is 10.4. The lowest BCUT2D eigenvalue weighted by Crippen LogP contribution is -2.36. The van der Waals surface area contributed by atoms with Gasteiger partial charge in [-0.2, -0.15) is 4.98 Å². The van der Waals surface area contributed by atoms with Crippen LogP contribution < -0.4 is 10.1 Å². The Morgan fingerprint density at radius 2 is 2.11 bits per heavy atom. The SMILES string of the molecule is COC(=O)C(Nc1ncc(Br)c(OC)n1)C(C)C. The predicted molar refractivity (Wildman–Crippen MR) is 70.5 cm³/mol. The molecule has 1 aromatic rings. The number of anilines is 1. The summed E-state index contributed by atoms with van der Waals surface area (Å²) in [5.74, 6) is 0.421. The first-order valence-electron chi connectivity index (χ1n) is 5.40. The number of aromatic nitrogens is 2. The van der Waals surface area contributed by atoms with Crippen LogP contribution in [0.3, 0.4) is 0 Å². The number of ether oxygens (including phenoxy) is 2. The van der Waals surface area contributed by atoms with Crippen molar-refractivity contribution in [3.05, 3.63) is 10.7 Å². The molecule has 7 heteroatoms. The minimum atomic E-state index is -0.499. The minimum absolute atomic E-state index is 0.0516. The molecule has 1 N–H and O–H groups in total. The fourth-order valence-corrected chi connectivity index (χ4v) is 1.68. The predicted octanol–water partition coefficient (Wildman–Crippen LogP) is 1.86. The average Bonchev–Trinajstić information content (AvgIpc) is 2.36. The molecular formula is C11H16BrN3O3. The summed E-state index contributed by atoms with van der Waals surface area (Å²) in [6, 6.07) is -0.499. The molecule has 1 unspecified atom stereocenters. The maximum atomic E-state index is 11.6. The molecule has 0 spiro atoms. The Morgan fingerprint density at radius 3 is 2.61 bits per heavy atom. The number of nitrogens with one attached hydrogen (secondary N) is 1. The summed E-state index contributed by atoms with van der Waals surface area (Å²) >= 11 is 3.26. The van der Waals surface area contributed by atoms with Gasteiger partial charge in [-0.25, -0.2) is 9.78 Å². The zero-order valence-corrected chi connectivity index (χ0v) is 12.3. The van der Waals surface area contributed by atoms with Crippen molar-refractivity contribution in [2.24, 2.45) is 5.92 Å². The monoisotopic (exact) mass is 317 g/mol. The molecule has 0 aliphatic rings. The van der Waals surface area contributed by atoms with Gasteiger partial charge in [0.05, 0.1) is 24.9 Å². The molecule has 1 heterocycles. The maximum absolute atomic E-state index is 11.6. The first-order valence-corrected chi connectivity index (χ1v) is 6.19. The van der Waals surface area contributed by atoms with Crippen LogP contribution in [-0.4, -0.2) is 36.2 Å². The van der Waals surface area contributed by atoms with Crippen molar-refractivity contribution in [2.45, 2.75) is 19.9 Å². The van der Waals surface area contributed by atoms with E-state index in [1.165, 1.54) is 14.2 Å². The van der Waals surface area contributed by atoms with Crippen LogP contribution in [-0.2, 0) is 9.53 Å². The number of hydrogen-bond acceptors (Lipinski definition) is 6. The first kappa shape index (κ1) is 14.7. The van der Waals surface area contributed by atoms with E-state index in [9.17, 15) is 4.79 Å². The van der Waals surface area contributed by atoms with Gasteiger partial charge in [-0.05, 0) is 21.8 Å². The van der Waals surface area contributed by atoms with Crippen LogP contribution in [0.4, 0.5) is 5.95 Å². The fraction of sp³-hybridized carbons (Fsp3) is 0.545. The summed E-state index contributed by atoms with van der Waals surface area (Å²) in [7, 11) is 2.86. The third-order valence-corrected chi connectivity index (χ3v) is 2.86. The summed E-state index contributed by atoms with van der Waals surface area (Å²) in [4.78, 5) is 19.8. The molecule has 0 saturated heterocycles. The highest BCUT2D eigenvalue weighted by Crippen LogP contribution is 2.22. The number of methoxy groups -OCH3 is 2. The van der Waals surface area contributed by atoms with E-state index in [1.807, 2.05) is 13.8 Å². The largest absolute Gasteiger partial charge is 0.480 e. The van der Waals surface area contributed by atoms with Gasteiger partial charge in [0.2, 0.25) is 11.8 Å². The molecule has 0 fully saturated rings. The Bertz CT molecular complexity index is 426. The number of carbonyl (C=O) groups is 1. The number of rotatable bonds is 5. The quantitative estimate of drug-likeness (QED) is 0.836. The van der Waals surface area contributed by atoms with Crippen molar-refractivity contribution in [3.8, 4) is 5.88 Å². The van der Waals surface area contributed by atoms with Gasteiger partial charge < -0.3 is 14.8 Å². The molecule has 1 rings (SSSR count). The second-order valence-electron chi connectivity index (χ2n) is 3.94. The molecule has 1 atom stereocenters. The van der Waals surface area contributed by atoms with Gasteiger partial charge in [0.1, 0.15) is 6.04 Å². The van der Waals surface area contributed by atoms with Crippen molar-refractivity contribution >= 4 is 27.8 Å². The van der Waals surface area contributed by atoms with E-state index < -0.39 is 6.04 Å². The van der Waals surface area contributed by atoms with Crippen LogP contribution in [0, 0.1) is 5.92 Å². The second-order valence-corrected chi connectivity index (χ2v) is 4.79. The van der Waals surface area contributed by atoms with E-state index in [0.29, 0.717) is 16.3 Å². The Kier molecular flexibility index (Phi) is 5.33. The summed E-state index contributed by atoms with van der Waals surface area (Å²) in [6.45, 7) is 3.81. The summed E-state index contributed by atoms with van der Waals surface area (Å²) in [5.41, 5.74) is 0. The van der Waals surface area contributed by atoms with Crippen LogP contribution in [0.15, 0.2) is 10.7 Å². The van der Waals surface area contributed by atoms with Crippen molar-refractivity contribution in [2.75, 3.05) is 19.5 Å². The lowest BCUT2D eigenvalue weighted by molar-refractivity contribution is -0.142. The Labute approximate surface area is 114 Å². The second kappa shape index (κ2) is 6.53. The van der Waals surface area contributed by atoms with Crippen molar-refractivity contribution in [3.63, 3.8) is 0 Å². The molecule has 0 radical (unpaired) electrons.